The van der Waals surface area contributed by atoms with Crippen molar-refractivity contribution in [3.05, 3.63) is 42.0 Å². The van der Waals surface area contributed by atoms with E-state index in [-0.39, 0.29) is 12.1 Å². The predicted octanol–water partition coefficient (Wildman–Crippen LogP) is 1.11. The Hall–Kier alpha value is -2.61. The van der Waals surface area contributed by atoms with Gasteiger partial charge < -0.3 is 24.3 Å². The number of carbonyl (C=O) groups excluding carboxylic acids is 1. The summed E-state index contributed by atoms with van der Waals surface area (Å²) in [6.07, 6.45) is 1.37. The van der Waals surface area contributed by atoms with E-state index in [1.54, 1.807) is 18.3 Å². The van der Waals surface area contributed by atoms with E-state index >= 15 is 0 Å². The monoisotopic (exact) mass is 331 g/mol. The van der Waals surface area contributed by atoms with Gasteiger partial charge >= 0.3 is 6.03 Å². The first-order valence-electron chi connectivity index (χ1n) is 7.78. The molecule has 0 spiro atoms. The molecule has 1 aromatic carbocycles. The number of rotatable bonds is 4. The first kappa shape index (κ1) is 16.3. The van der Waals surface area contributed by atoms with Crippen molar-refractivity contribution in [1.82, 2.24) is 25.0 Å². The van der Waals surface area contributed by atoms with Crippen LogP contribution in [0, 0.1) is 0 Å². The summed E-state index contributed by atoms with van der Waals surface area (Å²) in [5, 5.41) is 10.9. The second-order valence-electron chi connectivity index (χ2n) is 5.61. The van der Waals surface area contributed by atoms with Gasteiger partial charge in [-0.3, -0.25) is 0 Å². The molecule has 2 aromatic rings. The fraction of sp³-hybridized carbons (Fsp3) is 0.438. The van der Waals surface area contributed by atoms with Crippen molar-refractivity contribution in [1.29, 1.82) is 0 Å². The maximum absolute atomic E-state index is 12.4. The molecule has 1 N–H and O–H groups in total. The van der Waals surface area contributed by atoms with Crippen molar-refractivity contribution in [2.24, 2.45) is 7.05 Å². The third-order valence-electron chi connectivity index (χ3n) is 3.99. The molecule has 8 nitrogen and oxygen atoms in total. The van der Waals surface area contributed by atoms with Gasteiger partial charge in [-0.25, -0.2) is 4.79 Å². The van der Waals surface area contributed by atoms with Gasteiger partial charge in [-0.1, -0.05) is 12.1 Å². The van der Waals surface area contributed by atoms with E-state index in [4.69, 9.17) is 9.47 Å². The highest BCUT2D eigenvalue weighted by molar-refractivity contribution is 5.74. The van der Waals surface area contributed by atoms with Crippen LogP contribution in [0.3, 0.4) is 0 Å². The van der Waals surface area contributed by atoms with Gasteiger partial charge in [0.25, 0.3) is 0 Å². The van der Waals surface area contributed by atoms with Crippen LogP contribution in [0.15, 0.2) is 30.6 Å². The molecule has 2 heterocycles. The van der Waals surface area contributed by atoms with E-state index in [1.165, 1.54) is 0 Å². The lowest BCUT2D eigenvalue weighted by molar-refractivity contribution is -0.0214. The Morgan fingerprint density at radius 1 is 1.42 bits per heavy atom. The number of hydrogen-bond acceptors (Lipinski definition) is 5. The normalized spacial score (nSPS) is 17.6. The van der Waals surface area contributed by atoms with Crippen molar-refractivity contribution in [2.45, 2.75) is 12.6 Å². The van der Waals surface area contributed by atoms with Crippen LogP contribution in [0.2, 0.25) is 0 Å². The molecule has 1 fully saturated rings. The number of aryl methyl sites for hydroxylation is 1. The average Bonchev–Trinajstić information content (AvgIpc) is 3.06. The van der Waals surface area contributed by atoms with Gasteiger partial charge in [0.05, 0.1) is 20.3 Å². The zero-order valence-corrected chi connectivity index (χ0v) is 13.8. The number of methoxy groups -OCH3 is 1. The summed E-state index contributed by atoms with van der Waals surface area (Å²) in [7, 11) is 3.49. The lowest BCUT2D eigenvalue weighted by Gasteiger charge is -2.32. The fourth-order valence-electron chi connectivity index (χ4n) is 2.61. The number of carbonyl (C=O) groups is 1. The maximum Gasteiger partial charge on any atom is 0.317 e. The summed E-state index contributed by atoms with van der Waals surface area (Å²) in [4.78, 5) is 14.1. The minimum atomic E-state index is -0.252. The van der Waals surface area contributed by atoms with Crippen LogP contribution >= 0.6 is 0 Å². The Balaban J connectivity index is 1.55. The van der Waals surface area contributed by atoms with Gasteiger partial charge in [-0.05, 0) is 17.7 Å². The number of benzene rings is 1. The third-order valence-corrected chi connectivity index (χ3v) is 3.99. The predicted molar refractivity (Wildman–Crippen MR) is 86.5 cm³/mol. The number of amides is 2. The summed E-state index contributed by atoms with van der Waals surface area (Å²) >= 11 is 0. The minimum absolute atomic E-state index is 0.110. The molecule has 1 unspecified atom stereocenters. The Kier molecular flexibility index (Phi) is 4.95. The summed E-state index contributed by atoms with van der Waals surface area (Å²) in [6.45, 7) is 1.96. The molecule has 0 radical (unpaired) electrons. The van der Waals surface area contributed by atoms with Crippen molar-refractivity contribution in [3.63, 3.8) is 0 Å². The highest BCUT2D eigenvalue weighted by Crippen LogP contribution is 2.19. The molecule has 0 bridgehead atoms. The number of nitrogens with one attached hydrogen (secondary N) is 1. The summed E-state index contributed by atoms with van der Waals surface area (Å²) in [5.41, 5.74) is 1.02. The molecule has 1 aromatic heterocycles. The molecule has 24 heavy (non-hydrogen) atoms. The second-order valence-corrected chi connectivity index (χ2v) is 5.61. The van der Waals surface area contributed by atoms with Crippen molar-refractivity contribution in [2.75, 3.05) is 26.8 Å². The Labute approximate surface area is 140 Å². The molecule has 1 aliphatic rings. The van der Waals surface area contributed by atoms with Crippen LogP contribution in [0.25, 0.3) is 0 Å². The third kappa shape index (κ3) is 3.65. The van der Waals surface area contributed by atoms with Crippen molar-refractivity contribution in [3.8, 4) is 5.75 Å². The Morgan fingerprint density at radius 2 is 2.21 bits per heavy atom. The average molecular weight is 331 g/mol. The smallest absolute Gasteiger partial charge is 0.317 e. The number of morpholine rings is 1. The Bertz CT molecular complexity index is 685. The zero-order valence-electron chi connectivity index (χ0n) is 13.8. The zero-order chi connectivity index (χ0) is 16.9. The SMILES string of the molecule is COc1ccc(CNC(=O)N2CCOC(c3nncn3C)C2)cc1. The quantitative estimate of drug-likeness (QED) is 0.907. The minimum Gasteiger partial charge on any atom is -0.497 e. The molecule has 2 amide bonds. The fourth-order valence-corrected chi connectivity index (χ4v) is 2.61. The Morgan fingerprint density at radius 3 is 2.88 bits per heavy atom. The molecule has 8 heteroatoms. The first-order chi connectivity index (χ1) is 11.7. The first-order valence-corrected chi connectivity index (χ1v) is 7.78. The van der Waals surface area contributed by atoms with Gasteiger partial charge in [-0.15, -0.1) is 10.2 Å². The standard InChI is InChI=1S/C16H21N5O3/c1-20-11-18-19-15(20)14-10-21(7-8-24-14)16(22)17-9-12-3-5-13(23-2)6-4-12/h3-6,11,14H,7-10H2,1-2H3,(H,17,22). The number of urea groups is 1. The van der Waals surface area contributed by atoms with E-state index < -0.39 is 0 Å². The lowest BCUT2D eigenvalue weighted by Crippen LogP contribution is -2.47. The van der Waals surface area contributed by atoms with E-state index in [0.29, 0.717) is 26.2 Å². The van der Waals surface area contributed by atoms with Crippen LogP contribution in [0.5, 0.6) is 5.75 Å². The van der Waals surface area contributed by atoms with Gasteiger partial charge in [0.15, 0.2) is 5.82 Å². The largest absolute Gasteiger partial charge is 0.497 e. The van der Waals surface area contributed by atoms with Crippen LogP contribution in [0.4, 0.5) is 4.79 Å². The molecule has 0 saturated carbocycles. The molecule has 0 aliphatic carbocycles. The molecule has 1 saturated heterocycles. The maximum atomic E-state index is 12.4. The number of nitrogens with zero attached hydrogens (tertiary/aromatic N) is 4. The topological polar surface area (TPSA) is 81.5 Å². The van der Waals surface area contributed by atoms with Gasteiger partial charge in [0, 0.05) is 20.1 Å². The molecule has 3 rings (SSSR count). The van der Waals surface area contributed by atoms with Gasteiger partial charge in [-0.2, -0.15) is 0 Å². The van der Waals surface area contributed by atoms with Crippen LogP contribution in [0.1, 0.15) is 17.5 Å². The van der Waals surface area contributed by atoms with Crippen molar-refractivity contribution >= 4 is 6.03 Å². The van der Waals surface area contributed by atoms with Crippen LogP contribution in [-0.2, 0) is 18.3 Å². The molecular weight excluding hydrogens is 310 g/mol. The van der Waals surface area contributed by atoms with Crippen LogP contribution in [-0.4, -0.2) is 52.5 Å². The highest BCUT2D eigenvalue weighted by atomic mass is 16.5. The summed E-state index contributed by atoms with van der Waals surface area (Å²) < 4.78 is 12.6. The molecule has 1 atom stereocenters. The number of ether oxygens (including phenoxy) is 2. The van der Waals surface area contributed by atoms with E-state index in [9.17, 15) is 4.79 Å². The highest BCUT2D eigenvalue weighted by Gasteiger charge is 2.28. The summed E-state index contributed by atoms with van der Waals surface area (Å²) in [5.74, 6) is 1.52. The second kappa shape index (κ2) is 7.31. The van der Waals surface area contributed by atoms with Gasteiger partial charge in [0.2, 0.25) is 0 Å². The molecule has 128 valence electrons. The molecular formula is C16H21N5O3. The van der Waals surface area contributed by atoms with Crippen LogP contribution < -0.4 is 10.1 Å². The number of aromatic nitrogens is 3. The van der Waals surface area contributed by atoms with E-state index in [1.807, 2.05) is 35.9 Å². The van der Waals surface area contributed by atoms with Crippen molar-refractivity contribution < 1.29 is 14.3 Å². The summed E-state index contributed by atoms with van der Waals surface area (Å²) in [6, 6.07) is 7.50. The van der Waals surface area contributed by atoms with E-state index in [2.05, 4.69) is 15.5 Å². The van der Waals surface area contributed by atoms with Gasteiger partial charge in [0.1, 0.15) is 18.2 Å². The lowest BCUT2D eigenvalue weighted by atomic mass is 10.2. The van der Waals surface area contributed by atoms with E-state index in [0.717, 1.165) is 17.1 Å². The number of hydrogen-bond donors (Lipinski definition) is 1. The molecule has 1 aliphatic heterocycles.